The molecule has 0 saturated heterocycles. The van der Waals surface area contributed by atoms with Crippen molar-refractivity contribution in [1.29, 1.82) is 0 Å². The summed E-state index contributed by atoms with van der Waals surface area (Å²) in [6.07, 6.45) is 0. The third-order valence-corrected chi connectivity index (χ3v) is 4.10. The Hall–Kier alpha value is -2.05. The van der Waals surface area contributed by atoms with Gasteiger partial charge in [-0.25, -0.2) is 4.79 Å². The van der Waals surface area contributed by atoms with Gasteiger partial charge in [0.1, 0.15) is 11.4 Å². The maximum atomic E-state index is 12.1. The summed E-state index contributed by atoms with van der Waals surface area (Å²) < 4.78 is 5.53. The molecule has 0 aliphatic rings. The van der Waals surface area contributed by atoms with Crippen LogP contribution in [0.1, 0.15) is 25.0 Å². The summed E-state index contributed by atoms with van der Waals surface area (Å²) >= 11 is 1.51. The number of hydrogen-bond donors (Lipinski definition) is 3. The predicted molar refractivity (Wildman–Crippen MR) is 93.3 cm³/mol. The molecular formula is C17H22N2O3S. The molecule has 1 aromatic heterocycles. The maximum absolute atomic E-state index is 12.1. The van der Waals surface area contributed by atoms with Gasteiger partial charge < -0.3 is 20.5 Å². The lowest BCUT2D eigenvalue weighted by Gasteiger charge is -2.23. The van der Waals surface area contributed by atoms with Crippen LogP contribution in [-0.4, -0.2) is 24.3 Å². The molecule has 0 fully saturated rings. The fourth-order valence-electron chi connectivity index (χ4n) is 2.10. The number of ether oxygens (including phenoxy) is 1. The smallest absolute Gasteiger partial charge is 0.319 e. The summed E-state index contributed by atoms with van der Waals surface area (Å²) in [5.41, 5.74) is 1.34. The molecule has 2 aromatic rings. The second-order valence-electron chi connectivity index (χ2n) is 5.53. The topological polar surface area (TPSA) is 70.6 Å². The van der Waals surface area contributed by atoms with E-state index in [0.29, 0.717) is 18.0 Å². The van der Waals surface area contributed by atoms with E-state index < -0.39 is 5.60 Å². The molecule has 0 saturated carbocycles. The van der Waals surface area contributed by atoms with Crippen molar-refractivity contribution in [3.05, 3.63) is 46.2 Å². The number of aliphatic hydroxyl groups is 1. The minimum Gasteiger partial charge on any atom is -0.492 e. The van der Waals surface area contributed by atoms with Gasteiger partial charge in [-0.15, -0.1) is 0 Å². The highest BCUT2D eigenvalue weighted by atomic mass is 32.1. The monoisotopic (exact) mass is 334 g/mol. The molecule has 6 heteroatoms. The molecule has 0 bridgehead atoms. The van der Waals surface area contributed by atoms with Gasteiger partial charge in [-0.05, 0) is 60.9 Å². The molecule has 5 nitrogen and oxygen atoms in total. The number of urea groups is 1. The van der Waals surface area contributed by atoms with E-state index in [1.165, 1.54) is 11.3 Å². The molecule has 0 radical (unpaired) electrons. The summed E-state index contributed by atoms with van der Waals surface area (Å²) in [5, 5.41) is 19.6. The number of aryl methyl sites for hydroxylation is 1. The molecule has 23 heavy (non-hydrogen) atoms. The van der Waals surface area contributed by atoms with E-state index in [-0.39, 0.29) is 12.6 Å². The first-order valence-electron chi connectivity index (χ1n) is 7.45. The van der Waals surface area contributed by atoms with Crippen LogP contribution in [0.4, 0.5) is 10.5 Å². The van der Waals surface area contributed by atoms with Crippen LogP contribution in [-0.2, 0) is 5.60 Å². The van der Waals surface area contributed by atoms with Gasteiger partial charge in [-0.1, -0.05) is 6.07 Å². The van der Waals surface area contributed by atoms with Crippen LogP contribution in [0.3, 0.4) is 0 Å². The lowest BCUT2D eigenvalue weighted by molar-refractivity contribution is 0.0604. The number of carbonyl (C=O) groups is 1. The Morgan fingerprint density at radius 2 is 2.17 bits per heavy atom. The standard InChI is InChI=1S/C17H22N2O3S/c1-4-22-15-9-12(2)5-6-14(15)19-16(20)18-11-17(3,21)13-7-8-23-10-13/h5-10,21H,4,11H2,1-3H3,(H2,18,19,20). The summed E-state index contributed by atoms with van der Waals surface area (Å²) in [7, 11) is 0. The average Bonchev–Trinajstić information content (AvgIpc) is 3.04. The molecular weight excluding hydrogens is 312 g/mol. The zero-order chi connectivity index (χ0) is 16.9. The van der Waals surface area contributed by atoms with Crippen molar-refractivity contribution < 1.29 is 14.6 Å². The van der Waals surface area contributed by atoms with Crippen LogP contribution in [0, 0.1) is 6.92 Å². The number of thiophene rings is 1. The molecule has 0 aliphatic carbocycles. The van der Waals surface area contributed by atoms with E-state index in [1.54, 1.807) is 13.0 Å². The lowest BCUT2D eigenvalue weighted by Crippen LogP contribution is -2.40. The molecule has 1 aromatic carbocycles. The summed E-state index contributed by atoms with van der Waals surface area (Å²) in [5.74, 6) is 0.632. The molecule has 1 heterocycles. The van der Waals surface area contributed by atoms with Gasteiger partial charge in [0.25, 0.3) is 0 Å². The van der Waals surface area contributed by atoms with Gasteiger partial charge in [0.05, 0.1) is 18.8 Å². The number of nitrogens with one attached hydrogen (secondary N) is 2. The number of hydrogen-bond acceptors (Lipinski definition) is 4. The number of amides is 2. The van der Waals surface area contributed by atoms with Crippen LogP contribution in [0.15, 0.2) is 35.0 Å². The van der Waals surface area contributed by atoms with Gasteiger partial charge >= 0.3 is 6.03 Å². The zero-order valence-electron chi connectivity index (χ0n) is 13.6. The van der Waals surface area contributed by atoms with E-state index in [0.717, 1.165) is 11.1 Å². The van der Waals surface area contributed by atoms with E-state index in [9.17, 15) is 9.90 Å². The van der Waals surface area contributed by atoms with E-state index in [4.69, 9.17) is 4.74 Å². The summed E-state index contributed by atoms with van der Waals surface area (Å²) in [6.45, 7) is 6.17. The number of carbonyl (C=O) groups excluding carboxylic acids is 1. The third kappa shape index (κ3) is 4.71. The highest BCUT2D eigenvalue weighted by Gasteiger charge is 2.24. The van der Waals surface area contributed by atoms with Crippen molar-refractivity contribution in [3.8, 4) is 5.75 Å². The Bertz CT molecular complexity index is 654. The molecule has 1 atom stereocenters. The second kappa shape index (κ2) is 7.48. The van der Waals surface area contributed by atoms with Gasteiger partial charge in [0, 0.05) is 0 Å². The minimum atomic E-state index is -1.10. The SMILES string of the molecule is CCOc1cc(C)ccc1NC(=O)NCC(C)(O)c1ccsc1. The first-order chi connectivity index (χ1) is 10.9. The van der Waals surface area contributed by atoms with Crippen molar-refractivity contribution >= 4 is 23.1 Å². The Kier molecular flexibility index (Phi) is 5.63. The largest absolute Gasteiger partial charge is 0.492 e. The summed E-state index contributed by atoms with van der Waals surface area (Å²) in [6, 6.07) is 7.04. The number of anilines is 1. The Balaban J connectivity index is 1.97. The van der Waals surface area contributed by atoms with Crippen molar-refractivity contribution in [2.75, 3.05) is 18.5 Å². The van der Waals surface area contributed by atoms with Gasteiger partial charge in [-0.3, -0.25) is 0 Å². The van der Waals surface area contributed by atoms with Crippen LogP contribution >= 0.6 is 11.3 Å². The highest BCUT2D eigenvalue weighted by Crippen LogP contribution is 2.26. The molecule has 124 valence electrons. The van der Waals surface area contributed by atoms with Gasteiger partial charge in [0.2, 0.25) is 0 Å². The Morgan fingerprint density at radius 3 is 2.83 bits per heavy atom. The van der Waals surface area contributed by atoms with Crippen molar-refractivity contribution in [3.63, 3.8) is 0 Å². The number of benzene rings is 1. The van der Waals surface area contributed by atoms with Crippen LogP contribution in [0.5, 0.6) is 5.75 Å². The fraction of sp³-hybridized carbons (Fsp3) is 0.353. The van der Waals surface area contributed by atoms with E-state index in [2.05, 4.69) is 10.6 Å². The highest BCUT2D eigenvalue weighted by molar-refractivity contribution is 7.08. The normalized spacial score (nSPS) is 13.2. The molecule has 2 amide bonds. The van der Waals surface area contributed by atoms with Gasteiger partial charge in [0.15, 0.2) is 0 Å². The molecule has 2 rings (SSSR count). The van der Waals surface area contributed by atoms with Crippen LogP contribution < -0.4 is 15.4 Å². The fourth-order valence-corrected chi connectivity index (χ4v) is 2.88. The van der Waals surface area contributed by atoms with E-state index >= 15 is 0 Å². The molecule has 0 aliphatic heterocycles. The predicted octanol–water partition coefficient (Wildman–Crippen LogP) is 3.48. The minimum absolute atomic E-state index is 0.116. The Morgan fingerprint density at radius 1 is 1.39 bits per heavy atom. The van der Waals surface area contributed by atoms with Gasteiger partial charge in [-0.2, -0.15) is 11.3 Å². The lowest BCUT2D eigenvalue weighted by atomic mass is 9.99. The maximum Gasteiger partial charge on any atom is 0.319 e. The summed E-state index contributed by atoms with van der Waals surface area (Å²) in [4.78, 5) is 12.1. The van der Waals surface area contributed by atoms with Crippen molar-refractivity contribution in [2.45, 2.75) is 26.4 Å². The van der Waals surface area contributed by atoms with E-state index in [1.807, 2.05) is 42.8 Å². The average molecular weight is 334 g/mol. The van der Waals surface area contributed by atoms with Crippen LogP contribution in [0.2, 0.25) is 0 Å². The zero-order valence-corrected chi connectivity index (χ0v) is 14.4. The number of rotatable bonds is 6. The second-order valence-corrected chi connectivity index (χ2v) is 6.31. The molecule has 3 N–H and O–H groups in total. The Labute approximate surface area is 140 Å². The molecule has 0 spiro atoms. The van der Waals surface area contributed by atoms with Crippen molar-refractivity contribution in [2.24, 2.45) is 0 Å². The molecule has 1 unspecified atom stereocenters. The quantitative estimate of drug-likeness (QED) is 0.757. The first-order valence-corrected chi connectivity index (χ1v) is 8.40. The third-order valence-electron chi connectivity index (χ3n) is 3.42. The van der Waals surface area contributed by atoms with Crippen molar-refractivity contribution in [1.82, 2.24) is 5.32 Å². The first kappa shape index (κ1) is 17.3. The van der Waals surface area contributed by atoms with Crippen LogP contribution in [0.25, 0.3) is 0 Å².